The topological polar surface area (TPSA) is 61.0 Å². The molecule has 0 saturated carbocycles. The summed E-state index contributed by atoms with van der Waals surface area (Å²) < 4.78 is 0. The van der Waals surface area contributed by atoms with Crippen LogP contribution in [0.25, 0.3) is 10.6 Å². The van der Waals surface area contributed by atoms with Crippen LogP contribution in [-0.2, 0) is 0 Å². The molecule has 2 aliphatic rings. The first kappa shape index (κ1) is 16.5. The number of carbonyl (C=O) groups excluding carboxylic acids is 1. The Bertz CT molecular complexity index is 643. The Balaban J connectivity index is 0.00000156. The zero-order chi connectivity index (χ0) is 14.9. The third-order valence-electron chi connectivity index (χ3n) is 4.89. The van der Waals surface area contributed by atoms with E-state index in [1.807, 2.05) is 28.5 Å². The van der Waals surface area contributed by atoms with Crippen LogP contribution in [0.4, 0.5) is 0 Å². The van der Waals surface area contributed by atoms with Crippen molar-refractivity contribution < 1.29 is 4.79 Å². The normalized spacial score (nSPS) is 23.9. The van der Waals surface area contributed by atoms with E-state index in [-0.39, 0.29) is 18.3 Å². The predicted octanol–water partition coefficient (Wildman–Crippen LogP) is 2.63. The molecule has 0 unspecified atom stereocenters. The number of nitrogens with one attached hydrogen (secondary N) is 2. The molecule has 0 aliphatic carbocycles. The maximum Gasteiger partial charge on any atom is 0.274 e. The molecule has 0 radical (unpaired) electrons. The largest absolute Gasteiger partial charge is 0.337 e. The molecule has 23 heavy (non-hydrogen) atoms. The lowest BCUT2D eigenvalue weighted by molar-refractivity contribution is 0.0752. The predicted molar refractivity (Wildman–Crippen MR) is 94.1 cm³/mol. The molecule has 2 aromatic heterocycles. The summed E-state index contributed by atoms with van der Waals surface area (Å²) in [6.45, 7) is 3.92. The second-order valence-electron chi connectivity index (χ2n) is 6.19. The Morgan fingerprint density at radius 2 is 2.00 bits per heavy atom. The number of fused-ring (bicyclic) bond motifs is 1. The van der Waals surface area contributed by atoms with Gasteiger partial charge in [-0.15, -0.1) is 23.7 Å². The number of hydrogen-bond donors (Lipinski definition) is 2. The van der Waals surface area contributed by atoms with Crippen molar-refractivity contribution in [1.29, 1.82) is 0 Å². The minimum absolute atomic E-state index is 0. The summed E-state index contributed by atoms with van der Waals surface area (Å²) in [6.07, 6.45) is 2.21. The lowest BCUT2D eigenvalue weighted by Crippen LogP contribution is -2.33. The van der Waals surface area contributed by atoms with Crippen molar-refractivity contribution in [3.05, 3.63) is 29.3 Å². The second kappa shape index (κ2) is 7.03. The third-order valence-corrected chi connectivity index (χ3v) is 5.79. The average Bonchev–Trinajstić information content (AvgIpc) is 3.26. The lowest BCUT2D eigenvalue weighted by atomic mass is 9.92. The molecule has 2 aromatic rings. The van der Waals surface area contributed by atoms with E-state index >= 15 is 0 Å². The molecular formula is C16H21ClN4OS. The van der Waals surface area contributed by atoms with Gasteiger partial charge in [-0.05, 0) is 55.3 Å². The van der Waals surface area contributed by atoms with Crippen LogP contribution in [0.15, 0.2) is 23.6 Å². The van der Waals surface area contributed by atoms with Gasteiger partial charge in [0.2, 0.25) is 0 Å². The quantitative estimate of drug-likeness (QED) is 0.873. The van der Waals surface area contributed by atoms with E-state index in [1.165, 1.54) is 0 Å². The van der Waals surface area contributed by atoms with Gasteiger partial charge in [0.25, 0.3) is 5.91 Å². The fourth-order valence-electron chi connectivity index (χ4n) is 3.57. The zero-order valence-electron chi connectivity index (χ0n) is 12.8. The van der Waals surface area contributed by atoms with Crippen molar-refractivity contribution in [3.8, 4) is 10.6 Å². The van der Waals surface area contributed by atoms with E-state index in [1.54, 1.807) is 11.3 Å². The third kappa shape index (κ3) is 3.29. The first-order chi connectivity index (χ1) is 10.8. The number of amides is 1. The number of rotatable bonds is 2. The number of aromatic nitrogens is 2. The number of nitrogens with zero attached hydrogens (tertiary/aromatic N) is 2. The van der Waals surface area contributed by atoms with E-state index in [4.69, 9.17) is 0 Å². The van der Waals surface area contributed by atoms with E-state index in [0.717, 1.165) is 61.4 Å². The zero-order valence-corrected chi connectivity index (χ0v) is 14.5. The van der Waals surface area contributed by atoms with Gasteiger partial charge in [0, 0.05) is 13.1 Å². The van der Waals surface area contributed by atoms with Crippen molar-refractivity contribution in [2.75, 3.05) is 26.2 Å². The monoisotopic (exact) mass is 352 g/mol. The van der Waals surface area contributed by atoms with E-state index < -0.39 is 0 Å². The highest BCUT2D eigenvalue weighted by Crippen LogP contribution is 2.28. The van der Waals surface area contributed by atoms with Crippen molar-refractivity contribution >= 4 is 29.7 Å². The maximum absolute atomic E-state index is 12.7. The van der Waals surface area contributed by atoms with Gasteiger partial charge in [-0.3, -0.25) is 9.89 Å². The summed E-state index contributed by atoms with van der Waals surface area (Å²) in [5, 5.41) is 12.7. The van der Waals surface area contributed by atoms with Gasteiger partial charge >= 0.3 is 0 Å². The number of aromatic amines is 1. The van der Waals surface area contributed by atoms with Crippen LogP contribution in [0.1, 0.15) is 23.3 Å². The fraction of sp³-hybridized carbons (Fsp3) is 0.500. The molecule has 2 saturated heterocycles. The Kier molecular flexibility index (Phi) is 5.04. The molecular weight excluding hydrogens is 332 g/mol. The molecule has 0 bridgehead atoms. The standard InChI is InChI=1S/C16H20N4OS.ClH/c21-16(14-8-13(18-19-14)15-2-1-7-22-15)20-5-3-11-9-17-10-12(11)4-6-20;/h1-2,7-8,11-12,17H,3-6,9-10H2,(H,18,19);1H/t11-,12+;. The van der Waals surface area contributed by atoms with E-state index in [9.17, 15) is 4.79 Å². The fourth-order valence-corrected chi connectivity index (χ4v) is 4.26. The van der Waals surface area contributed by atoms with Crippen LogP contribution in [-0.4, -0.2) is 47.2 Å². The number of hydrogen-bond acceptors (Lipinski definition) is 4. The Labute approximate surface area is 145 Å². The summed E-state index contributed by atoms with van der Waals surface area (Å²) in [5.74, 6) is 1.53. The highest BCUT2D eigenvalue weighted by Gasteiger charge is 2.32. The highest BCUT2D eigenvalue weighted by molar-refractivity contribution is 7.13. The minimum Gasteiger partial charge on any atom is -0.337 e. The SMILES string of the molecule is Cl.O=C(c1cc(-c2cccs2)[nH]n1)N1CC[C@@H]2CNC[C@@H]2CC1. The van der Waals surface area contributed by atoms with Gasteiger partial charge in [0.05, 0.1) is 10.6 Å². The number of likely N-dealkylation sites (tertiary alicyclic amines) is 1. The molecule has 2 fully saturated rings. The molecule has 0 aromatic carbocycles. The molecule has 1 amide bonds. The second-order valence-corrected chi connectivity index (χ2v) is 7.14. The summed E-state index contributed by atoms with van der Waals surface area (Å²) in [6, 6.07) is 5.91. The Morgan fingerprint density at radius 3 is 2.65 bits per heavy atom. The molecule has 7 heteroatoms. The molecule has 2 N–H and O–H groups in total. The molecule has 4 rings (SSSR count). The number of halogens is 1. The van der Waals surface area contributed by atoms with Crippen LogP contribution in [0.5, 0.6) is 0 Å². The number of carbonyl (C=O) groups is 1. The maximum atomic E-state index is 12.7. The van der Waals surface area contributed by atoms with Gasteiger partial charge < -0.3 is 10.2 Å². The van der Waals surface area contributed by atoms with Crippen molar-refractivity contribution in [3.63, 3.8) is 0 Å². The molecule has 2 aliphatic heterocycles. The van der Waals surface area contributed by atoms with Gasteiger partial charge in [0.1, 0.15) is 0 Å². The molecule has 124 valence electrons. The van der Waals surface area contributed by atoms with Crippen LogP contribution in [0.3, 0.4) is 0 Å². The summed E-state index contributed by atoms with van der Waals surface area (Å²) in [7, 11) is 0. The van der Waals surface area contributed by atoms with Crippen molar-refractivity contribution in [1.82, 2.24) is 20.4 Å². The van der Waals surface area contributed by atoms with Crippen LogP contribution < -0.4 is 5.32 Å². The smallest absolute Gasteiger partial charge is 0.274 e. The molecule has 5 nitrogen and oxygen atoms in total. The van der Waals surface area contributed by atoms with Gasteiger partial charge in [-0.2, -0.15) is 5.10 Å². The summed E-state index contributed by atoms with van der Waals surface area (Å²) in [4.78, 5) is 15.8. The van der Waals surface area contributed by atoms with Gasteiger partial charge in [-0.1, -0.05) is 6.07 Å². The summed E-state index contributed by atoms with van der Waals surface area (Å²) in [5.41, 5.74) is 1.46. The van der Waals surface area contributed by atoms with Crippen LogP contribution >= 0.6 is 23.7 Å². The van der Waals surface area contributed by atoms with Gasteiger partial charge in [0.15, 0.2) is 5.69 Å². The lowest BCUT2D eigenvalue weighted by Gasteiger charge is -2.19. The van der Waals surface area contributed by atoms with Crippen LogP contribution in [0.2, 0.25) is 0 Å². The van der Waals surface area contributed by atoms with E-state index in [0.29, 0.717) is 5.69 Å². The molecule has 4 heterocycles. The van der Waals surface area contributed by atoms with Crippen molar-refractivity contribution in [2.45, 2.75) is 12.8 Å². The Morgan fingerprint density at radius 1 is 1.26 bits per heavy atom. The average molecular weight is 353 g/mol. The highest BCUT2D eigenvalue weighted by atomic mass is 35.5. The first-order valence-electron chi connectivity index (χ1n) is 7.90. The number of H-pyrrole nitrogens is 1. The molecule has 0 spiro atoms. The summed E-state index contributed by atoms with van der Waals surface area (Å²) >= 11 is 1.65. The van der Waals surface area contributed by atoms with E-state index in [2.05, 4.69) is 15.5 Å². The molecule has 2 atom stereocenters. The minimum atomic E-state index is 0. The van der Waals surface area contributed by atoms with Crippen molar-refractivity contribution in [2.24, 2.45) is 11.8 Å². The van der Waals surface area contributed by atoms with Crippen LogP contribution in [0, 0.1) is 11.8 Å². The Hall–Kier alpha value is -1.37. The van der Waals surface area contributed by atoms with Gasteiger partial charge in [-0.25, -0.2) is 0 Å². The number of thiophene rings is 1. The first-order valence-corrected chi connectivity index (χ1v) is 8.78.